The standard InChI is InChI=1S/C10H11NO2S/c1-11-6-5-7-3-2-4-8-9(7)14-10(12)13-8/h2-4,11H,5-6H2,1H3. The molecular formula is C10H11NO2S. The topological polar surface area (TPSA) is 42.2 Å². The van der Waals surface area contributed by atoms with Gasteiger partial charge < -0.3 is 9.73 Å². The first-order valence-electron chi connectivity index (χ1n) is 4.47. The van der Waals surface area contributed by atoms with Gasteiger partial charge in [-0.3, -0.25) is 0 Å². The van der Waals surface area contributed by atoms with E-state index in [9.17, 15) is 4.79 Å². The lowest BCUT2D eigenvalue weighted by molar-refractivity contribution is 0.585. The molecule has 0 aliphatic rings. The highest BCUT2D eigenvalue weighted by Gasteiger charge is 2.05. The van der Waals surface area contributed by atoms with E-state index < -0.39 is 0 Å². The second-order valence-electron chi connectivity index (χ2n) is 3.05. The predicted octanol–water partition coefficient (Wildman–Crippen LogP) is 1.62. The van der Waals surface area contributed by atoms with Crippen LogP contribution in [-0.4, -0.2) is 13.6 Å². The van der Waals surface area contributed by atoms with E-state index in [1.54, 1.807) is 0 Å². The molecule has 0 aliphatic heterocycles. The largest absolute Gasteiger partial charge is 0.414 e. The van der Waals surface area contributed by atoms with E-state index in [2.05, 4.69) is 5.32 Å². The summed E-state index contributed by atoms with van der Waals surface area (Å²) in [7, 11) is 1.91. The Kier molecular flexibility index (Phi) is 2.65. The Morgan fingerprint density at radius 2 is 2.36 bits per heavy atom. The predicted molar refractivity (Wildman–Crippen MR) is 58.0 cm³/mol. The Hall–Kier alpha value is -1.13. The maximum absolute atomic E-state index is 11.1. The van der Waals surface area contributed by atoms with Crippen LogP contribution in [0.2, 0.25) is 0 Å². The first-order valence-corrected chi connectivity index (χ1v) is 5.29. The van der Waals surface area contributed by atoms with Gasteiger partial charge in [0.1, 0.15) is 5.58 Å². The lowest BCUT2D eigenvalue weighted by Crippen LogP contribution is -2.10. The van der Waals surface area contributed by atoms with Gasteiger partial charge in [0.15, 0.2) is 0 Å². The van der Waals surface area contributed by atoms with Crippen molar-refractivity contribution in [3.8, 4) is 0 Å². The summed E-state index contributed by atoms with van der Waals surface area (Å²) < 4.78 is 6.01. The minimum Gasteiger partial charge on any atom is -0.414 e. The zero-order valence-electron chi connectivity index (χ0n) is 7.87. The van der Waals surface area contributed by atoms with Gasteiger partial charge in [0.25, 0.3) is 0 Å². The summed E-state index contributed by atoms with van der Waals surface area (Å²) in [5.41, 5.74) is 1.88. The highest BCUT2D eigenvalue weighted by Crippen LogP contribution is 2.21. The van der Waals surface area contributed by atoms with Crippen molar-refractivity contribution in [2.45, 2.75) is 6.42 Å². The van der Waals surface area contributed by atoms with Crippen LogP contribution in [0.1, 0.15) is 5.56 Å². The van der Waals surface area contributed by atoms with Crippen LogP contribution in [-0.2, 0) is 6.42 Å². The van der Waals surface area contributed by atoms with Crippen LogP contribution in [0.4, 0.5) is 0 Å². The van der Waals surface area contributed by atoms with E-state index in [1.165, 1.54) is 16.9 Å². The molecule has 1 heterocycles. The first kappa shape index (κ1) is 9.43. The van der Waals surface area contributed by atoms with E-state index in [4.69, 9.17) is 4.42 Å². The third kappa shape index (κ3) is 1.71. The van der Waals surface area contributed by atoms with Crippen LogP contribution in [0.25, 0.3) is 10.3 Å². The molecule has 2 rings (SSSR count). The van der Waals surface area contributed by atoms with Gasteiger partial charge in [-0.15, -0.1) is 0 Å². The second-order valence-corrected chi connectivity index (χ2v) is 4.00. The van der Waals surface area contributed by atoms with Gasteiger partial charge in [0.2, 0.25) is 0 Å². The van der Waals surface area contributed by atoms with Crippen molar-refractivity contribution >= 4 is 21.6 Å². The number of fused-ring (bicyclic) bond motifs is 1. The minimum absolute atomic E-state index is 0.225. The molecule has 14 heavy (non-hydrogen) atoms. The number of rotatable bonds is 3. The average molecular weight is 209 g/mol. The fourth-order valence-electron chi connectivity index (χ4n) is 1.41. The van der Waals surface area contributed by atoms with Gasteiger partial charge in [-0.25, -0.2) is 4.79 Å². The molecule has 3 nitrogen and oxygen atoms in total. The van der Waals surface area contributed by atoms with Crippen LogP contribution < -0.4 is 10.3 Å². The Labute approximate surface area is 85.4 Å². The summed E-state index contributed by atoms with van der Waals surface area (Å²) in [5.74, 6) is 0. The Balaban J connectivity index is 2.47. The average Bonchev–Trinajstić information content (AvgIpc) is 2.55. The summed E-state index contributed by atoms with van der Waals surface area (Å²) in [6, 6.07) is 5.78. The highest BCUT2D eigenvalue weighted by atomic mass is 32.1. The van der Waals surface area contributed by atoms with Gasteiger partial charge in [0.05, 0.1) is 4.70 Å². The van der Waals surface area contributed by atoms with E-state index >= 15 is 0 Å². The fraction of sp³-hybridized carbons (Fsp3) is 0.300. The zero-order valence-corrected chi connectivity index (χ0v) is 8.69. The van der Waals surface area contributed by atoms with E-state index in [0.717, 1.165) is 17.7 Å². The van der Waals surface area contributed by atoms with Crippen molar-refractivity contribution in [2.75, 3.05) is 13.6 Å². The third-order valence-corrected chi connectivity index (χ3v) is 3.00. The number of benzene rings is 1. The number of hydrogen-bond acceptors (Lipinski definition) is 4. The summed E-state index contributed by atoms with van der Waals surface area (Å²) in [4.78, 5) is 10.8. The Morgan fingerprint density at radius 1 is 1.50 bits per heavy atom. The third-order valence-electron chi connectivity index (χ3n) is 2.08. The van der Waals surface area contributed by atoms with Gasteiger partial charge in [-0.2, -0.15) is 0 Å². The Morgan fingerprint density at radius 3 is 3.14 bits per heavy atom. The minimum atomic E-state index is -0.225. The SMILES string of the molecule is CNCCc1cccc2oc(=O)sc12. The molecule has 1 N–H and O–H groups in total. The molecule has 0 radical (unpaired) electrons. The quantitative estimate of drug-likeness (QED) is 0.835. The molecular weight excluding hydrogens is 198 g/mol. The smallest absolute Gasteiger partial charge is 0.396 e. The summed E-state index contributed by atoms with van der Waals surface area (Å²) in [6.45, 7) is 0.908. The van der Waals surface area contributed by atoms with Crippen molar-refractivity contribution in [3.63, 3.8) is 0 Å². The lowest BCUT2D eigenvalue weighted by Gasteiger charge is -2.00. The van der Waals surface area contributed by atoms with Gasteiger partial charge in [0, 0.05) is 0 Å². The molecule has 4 heteroatoms. The van der Waals surface area contributed by atoms with Crippen LogP contribution in [0.5, 0.6) is 0 Å². The molecule has 2 aromatic rings. The van der Waals surface area contributed by atoms with Crippen molar-refractivity contribution in [2.24, 2.45) is 0 Å². The molecule has 1 aromatic heterocycles. The van der Waals surface area contributed by atoms with Crippen molar-refractivity contribution in [1.29, 1.82) is 0 Å². The van der Waals surface area contributed by atoms with E-state index in [0.29, 0.717) is 5.58 Å². The Bertz CT molecular complexity index is 486. The molecule has 0 aliphatic carbocycles. The van der Waals surface area contributed by atoms with Crippen molar-refractivity contribution in [3.05, 3.63) is 33.5 Å². The summed E-state index contributed by atoms with van der Waals surface area (Å²) >= 11 is 1.18. The van der Waals surface area contributed by atoms with Crippen LogP contribution in [0, 0.1) is 0 Å². The number of likely N-dealkylation sites (N-methyl/N-ethyl adjacent to an activating group) is 1. The maximum Gasteiger partial charge on any atom is 0.396 e. The van der Waals surface area contributed by atoms with E-state index in [-0.39, 0.29) is 4.94 Å². The maximum atomic E-state index is 11.1. The molecule has 0 amide bonds. The van der Waals surface area contributed by atoms with Gasteiger partial charge in [-0.1, -0.05) is 23.5 Å². The van der Waals surface area contributed by atoms with E-state index in [1.807, 2.05) is 25.2 Å². The van der Waals surface area contributed by atoms with Gasteiger partial charge in [-0.05, 0) is 31.6 Å². The van der Waals surface area contributed by atoms with Crippen LogP contribution in [0.15, 0.2) is 27.4 Å². The second kappa shape index (κ2) is 3.94. The van der Waals surface area contributed by atoms with Gasteiger partial charge >= 0.3 is 4.94 Å². The monoisotopic (exact) mass is 209 g/mol. The number of nitrogens with one attached hydrogen (secondary N) is 1. The van der Waals surface area contributed by atoms with Crippen LogP contribution in [0.3, 0.4) is 0 Å². The molecule has 0 fully saturated rings. The molecule has 0 atom stereocenters. The fourth-order valence-corrected chi connectivity index (χ4v) is 2.22. The highest BCUT2D eigenvalue weighted by molar-refractivity contribution is 7.16. The molecule has 0 bridgehead atoms. The number of hydrogen-bond donors (Lipinski definition) is 1. The van der Waals surface area contributed by atoms with Crippen LogP contribution >= 0.6 is 11.3 Å². The van der Waals surface area contributed by atoms with Crippen molar-refractivity contribution < 1.29 is 4.42 Å². The molecule has 0 unspecified atom stereocenters. The summed E-state index contributed by atoms with van der Waals surface area (Å²) in [5, 5.41) is 3.08. The molecule has 1 aromatic carbocycles. The molecule has 0 saturated carbocycles. The van der Waals surface area contributed by atoms with Crippen molar-refractivity contribution in [1.82, 2.24) is 5.32 Å². The first-order chi connectivity index (χ1) is 6.81. The molecule has 0 spiro atoms. The summed E-state index contributed by atoms with van der Waals surface area (Å²) in [6.07, 6.45) is 0.920. The molecule has 0 saturated heterocycles. The molecule has 74 valence electrons. The normalized spacial score (nSPS) is 10.9. The zero-order chi connectivity index (χ0) is 9.97. The lowest BCUT2D eigenvalue weighted by atomic mass is 10.1.